The van der Waals surface area contributed by atoms with E-state index >= 15 is 0 Å². The molecule has 0 saturated heterocycles. The number of primary amides is 1. The van der Waals surface area contributed by atoms with E-state index in [-0.39, 0.29) is 12.5 Å². The summed E-state index contributed by atoms with van der Waals surface area (Å²) in [6, 6.07) is 6.17. The Bertz CT molecular complexity index is 588. The first-order chi connectivity index (χ1) is 8.47. The molecule has 96 valence electrons. The molecule has 5 heteroatoms. The van der Waals surface area contributed by atoms with Crippen LogP contribution in [0, 0.1) is 6.92 Å². The van der Waals surface area contributed by atoms with E-state index in [0.29, 0.717) is 6.54 Å². The van der Waals surface area contributed by atoms with Gasteiger partial charge in [0.2, 0.25) is 5.91 Å². The molecule has 0 radical (unpaired) electrons. The quantitative estimate of drug-likeness (QED) is 0.867. The van der Waals surface area contributed by atoms with Crippen LogP contribution < -0.4 is 5.73 Å². The van der Waals surface area contributed by atoms with Gasteiger partial charge in [0.15, 0.2) is 0 Å². The highest BCUT2D eigenvalue weighted by Crippen LogP contribution is 2.17. The Balaban J connectivity index is 2.22. The number of aromatic nitrogens is 2. The molecule has 2 N–H and O–H groups in total. The number of hydrogen-bond acceptors (Lipinski definition) is 3. The molecule has 1 aromatic carbocycles. The normalized spacial score (nSPS) is 11.3. The average molecular weight is 246 g/mol. The van der Waals surface area contributed by atoms with Crippen LogP contribution in [0.4, 0.5) is 0 Å². The number of amides is 1. The van der Waals surface area contributed by atoms with Crippen LogP contribution in [0.3, 0.4) is 0 Å². The van der Waals surface area contributed by atoms with Crippen LogP contribution in [0.25, 0.3) is 11.0 Å². The van der Waals surface area contributed by atoms with Gasteiger partial charge in [-0.1, -0.05) is 6.07 Å². The Kier molecular flexibility index (Phi) is 3.34. The van der Waals surface area contributed by atoms with Crippen molar-refractivity contribution in [3.05, 3.63) is 29.6 Å². The van der Waals surface area contributed by atoms with Crippen molar-refractivity contribution in [2.75, 3.05) is 13.6 Å². The van der Waals surface area contributed by atoms with E-state index in [9.17, 15) is 4.79 Å². The summed E-state index contributed by atoms with van der Waals surface area (Å²) < 4.78 is 2.06. The SMILES string of the molecule is Cc1nc2cc(CN(C)CC(N)=O)ccc2n1C. The summed E-state index contributed by atoms with van der Waals surface area (Å²) >= 11 is 0. The van der Waals surface area contributed by atoms with Gasteiger partial charge in [-0.25, -0.2) is 4.98 Å². The Morgan fingerprint density at radius 3 is 2.89 bits per heavy atom. The monoisotopic (exact) mass is 246 g/mol. The Hall–Kier alpha value is -1.88. The third-order valence-electron chi connectivity index (χ3n) is 3.05. The average Bonchev–Trinajstić information content (AvgIpc) is 2.53. The summed E-state index contributed by atoms with van der Waals surface area (Å²) in [5.41, 5.74) is 8.40. The molecule has 1 aromatic heterocycles. The molecule has 5 nitrogen and oxygen atoms in total. The molecule has 0 fully saturated rings. The van der Waals surface area contributed by atoms with Crippen molar-refractivity contribution < 1.29 is 4.79 Å². The molecular formula is C13H18N4O. The van der Waals surface area contributed by atoms with Gasteiger partial charge in [0, 0.05) is 13.6 Å². The van der Waals surface area contributed by atoms with E-state index in [2.05, 4.69) is 27.8 Å². The lowest BCUT2D eigenvalue weighted by Gasteiger charge is -2.14. The second kappa shape index (κ2) is 4.78. The molecule has 0 atom stereocenters. The van der Waals surface area contributed by atoms with E-state index in [1.807, 2.05) is 25.9 Å². The zero-order valence-electron chi connectivity index (χ0n) is 11.0. The van der Waals surface area contributed by atoms with Crippen molar-refractivity contribution in [3.63, 3.8) is 0 Å². The molecule has 0 aliphatic carbocycles. The second-order valence-corrected chi connectivity index (χ2v) is 4.68. The zero-order chi connectivity index (χ0) is 13.3. The minimum absolute atomic E-state index is 0.263. The minimum atomic E-state index is -0.313. The minimum Gasteiger partial charge on any atom is -0.369 e. The van der Waals surface area contributed by atoms with E-state index in [1.165, 1.54) is 0 Å². The van der Waals surface area contributed by atoms with Crippen molar-refractivity contribution in [2.45, 2.75) is 13.5 Å². The number of rotatable bonds is 4. The molecule has 0 bridgehead atoms. The van der Waals surface area contributed by atoms with Gasteiger partial charge in [0.05, 0.1) is 17.6 Å². The van der Waals surface area contributed by atoms with E-state index < -0.39 is 0 Å². The highest BCUT2D eigenvalue weighted by molar-refractivity contribution is 5.77. The van der Waals surface area contributed by atoms with Gasteiger partial charge in [0.25, 0.3) is 0 Å². The lowest BCUT2D eigenvalue weighted by Crippen LogP contribution is -2.30. The van der Waals surface area contributed by atoms with Gasteiger partial charge < -0.3 is 10.3 Å². The smallest absolute Gasteiger partial charge is 0.231 e. The standard InChI is InChI=1S/C13H18N4O/c1-9-15-11-6-10(4-5-12(11)17(9)3)7-16(2)8-13(14)18/h4-6H,7-8H2,1-3H3,(H2,14,18). The number of aryl methyl sites for hydroxylation is 2. The molecule has 0 unspecified atom stereocenters. The molecule has 0 saturated carbocycles. The van der Waals surface area contributed by atoms with Crippen molar-refractivity contribution in [3.8, 4) is 0 Å². The number of hydrogen-bond donors (Lipinski definition) is 1. The van der Waals surface area contributed by atoms with Gasteiger partial charge in [-0.15, -0.1) is 0 Å². The largest absolute Gasteiger partial charge is 0.369 e. The molecule has 0 spiro atoms. The van der Waals surface area contributed by atoms with Crippen LogP contribution in [0.1, 0.15) is 11.4 Å². The first-order valence-electron chi connectivity index (χ1n) is 5.86. The van der Waals surface area contributed by atoms with Crippen LogP contribution in [0.5, 0.6) is 0 Å². The second-order valence-electron chi connectivity index (χ2n) is 4.68. The van der Waals surface area contributed by atoms with Crippen molar-refractivity contribution in [1.82, 2.24) is 14.5 Å². The van der Waals surface area contributed by atoms with Gasteiger partial charge in [-0.2, -0.15) is 0 Å². The fraction of sp³-hybridized carbons (Fsp3) is 0.385. The lowest BCUT2D eigenvalue weighted by atomic mass is 10.2. The predicted molar refractivity (Wildman–Crippen MR) is 71.0 cm³/mol. The molecular weight excluding hydrogens is 228 g/mol. The fourth-order valence-electron chi connectivity index (χ4n) is 2.10. The van der Waals surface area contributed by atoms with Gasteiger partial charge in [-0.05, 0) is 31.7 Å². The number of nitrogens with two attached hydrogens (primary N) is 1. The number of carbonyl (C=O) groups is 1. The van der Waals surface area contributed by atoms with Crippen LogP contribution in [0.2, 0.25) is 0 Å². The number of imidazole rings is 1. The van der Waals surface area contributed by atoms with Crippen LogP contribution in [-0.4, -0.2) is 34.0 Å². The van der Waals surface area contributed by atoms with E-state index in [0.717, 1.165) is 22.4 Å². The maximum atomic E-state index is 10.8. The predicted octanol–water partition coefficient (Wildman–Crippen LogP) is 0.799. The lowest BCUT2D eigenvalue weighted by molar-refractivity contribution is -0.118. The zero-order valence-corrected chi connectivity index (χ0v) is 11.0. The molecule has 0 aliphatic heterocycles. The summed E-state index contributed by atoms with van der Waals surface area (Å²) in [5, 5.41) is 0. The Labute approximate surface area is 106 Å². The topological polar surface area (TPSA) is 64.2 Å². The number of nitrogens with zero attached hydrogens (tertiary/aromatic N) is 3. The van der Waals surface area contributed by atoms with Crippen molar-refractivity contribution in [2.24, 2.45) is 12.8 Å². The molecule has 0 aliphatic rings. The highest BCUT2D eigenvalue weighted by atomic mass is 16.1. The van der Waals surface area contributed by atoms with Gasteiger partial charge in [0.1, 0.15) is 5.82 Å². The van der Waals surface area contributed by atoms with E-state index in [4.69, 9.17) is 5.73 Å². The summed E-state index contributed by atoms with van der Waals surface area (Å²) in [4.78, 5) is 17.2. The van der Waals surface area contributed by atoms with Crippen LogP contribution in [-0.2, 0) is 18.4 Å². The summed E-state index contributed by atoms with van der Waals surface area (Å²) in [5.74, 6) is 0.680. The van der Waals surface area contributed by atoms with Crippen LogP contribution >= 0.6 is 0 Å². The first kappa shape index (κ1) is 12.6. The van der Waals surface area contributed by atoms with Crippen molar-refractivity contribution >= 4 is 16.9 Å². The third kappa shape index (κ3) is 2.51. The summed E-state index contributed by atoms with van der Waals surface area (Å²) in [6.45, 7) is 2.94. The summed E-state index contributed by atoms with van der Waals surface area (Å²) in [6.07, 6.45) is 0. The Morgan fingerprint density at radius 1 is 1.50 bits per heavy atom. The molecule has 1 heterocycles. The highest BCUT2D eigenvalue weighted by Gasteiger charge is 2.07. The van der Waals surface area contributed by atoms with Crippen molar-refractivity contribution in [1.29, 1.82) is 0 Å². The third-order valence-corrected chi connectivity index (χ3v) is 3.05. The fourth-order valence-corrected chi connectivity index (χ4v) is 2.10. The molecule has 1 amide bonds. The maximum absolute atomic E-state index is 10.8. The van der Waals surface area contributed by atoms with Gasteiger partial charge in [-0.3, -0.25) is 9.69 Å². The molecule has 18 heavy (non-hydrogen) atoms. The number of carbonyl (C=O) groups excluding carboxylic acids is 1. The molecule has 2 aromatic rings. The summed E-state index contributed by atoms with van der Waals surface area (Å²) in [7, 11) is 3.88. The van der Waals surface area contributed by atoms with Gasteiger partial charge >= 0.3 is 0 Å². The molecule has 2 rings (SSSR count). The number of fused-ring (bicyclic) bond motifs is 1. The Morgan fingerprint density at radius 2 is 2.22 bits per heavy atom. The number of benzene rings is 1. The maximum Gasteiger partial charge on any atom is 0.231 e. The van der Waals surface area contributed by atoms with Crippen LogP contribution in [0.15, 0.2) is 18.2 Å². The first-order valence-corrected chi connectivity index (χ1v) is 5.86. The van der Waals surface area contributed by atoms with E-state index in [1.54, 1.807) is 0 Å². The number of likely N-dealkylation sites (N-methyl/N-ethyl adjacent to an activating group) is 1.